The molecule has 0 radical (unpaired) electrons. The fourth-order valence-electron chi connectivity index (χ4n) is 1.56. The zero-order valence-electron chi connectivity index (χ0n) is 11.3. The number of aliphatic hydroxyl groups excluding tert-OH is 1. The molecule has 19 heavy (non-hydrogen) atoms. The van der Waals surface area contributed by atoms with Crippen molar-refractivity contribution >= 4 is 12.0 Å². The third-order valence-corrected chi connectivity index (χ3v) is 2.81. The van der Waals surface area contributed by atoms with Crippen LogP contribution in [0.15, 0.2) is 30.3 Å². The first-order valence-electron chi connectivity index (χ1n) is 6.25. The Morgan fingerprint density at radius 3 is 2.84 bits per heavy atom. The first-order valence-corrected chi connectivity index (χ1v) is 6.25. The highest BCUT2D eigenvalue weighted by atomic mass is 19.1. The number of nitrogens with one attached hydrogen (secondary N) is 1. The first-order chi connectivity index (χ1) is 8.93. The molecular weight excluding hydrogens is 245 g/mol. The molecule has 4 heteroatoms. The molecule has 0 saturated carbocycles. The van der Waals surface area contributed by atoms with E-state index in [9.17, 15) is 9.18 Å². The smallest absolute Gasteiger partial charge is 0.244 e. The molecule has 0 aliphatic heterocycles. The van der Waals surface area contributed by atoms with Crippen LogP contribution in [0.4, 0.5) is 4.39 Å². The van der Waals surface area contributed by atoms with Crippen molar-refractivity contribution in [1.82, 2.24) is 5.32 Å². The quantitative estimate of drug-likeness (QED) is 0.776. The molecule has 104 valence electrons. The number of hydrogen-bond donors (Lipinski definition) is 2. The highest BCUT2D eigenvalue weighted by Gasteiger charge is 2.17. The Morgan fingerprint density at radius 1 is 1.47 bits per heavy atom. The van der Waals surface area contributed by atoms with E-state index in [4.69, 9.17) is 5.11 Å². The van der Waals surface area contributed by atoms with Crippen LogP contribution in [-0.2, 0) is 4.79 Å². The van der Waals surface area contributed by atoms with Crippen LogP contribution >= 0.6 is 0 Å². The van der Waals surface area contributed by atoms with Crippen molar-refractivity contribution in [1.29, 1.82) is 0 Å². The maximum atomic E-state index is 12.9. The minimum Gasteiger partial charge on any atom is -0.396 e. The first kappa shape index (κ1) is 15.4. The van der Waals surface area contributed by atoms with Gasteiger partial charge in [-0.2, -0.15) is 0 Å². The Morgan fingerprint density at radius 2 is 2.21 bits per heavy atom. The number of hydrogen-bond acceptors (Lipinski definition) is 2. The van der Waals surface area contributed by atoms with Crippen molar-refractivity contribution in [2.24, 2.45) is 5.41 Å². The van der Waals surface area contributed by atoms with Crippen LogP contribution in [0.25, 0.3) is 6.08 Å². The lowest BCUT2D eigenvalue weighted by molar-refractivity contribution is -0.116. The summed E-state index contributed by atoms with van der Waals surface area (Å²) in [4.78, 5) is 11.6. The average molecular weight is 265 g/mol. The maximum absolute atomic E-state index is 12.9. The average Bonchev–Trinajstić information content (AvgIpc) is 2.34. The Balaban J connectivity index is 2.47. The zero-order valence-corrected chi connectivity index (χ0v) is 11.3. The van der Waals surface area contributed by atoms with Gasteiger partial charge in [0.2, 0.25) is 5.91 Å². The van der Waals surface area contributed by atoms with E-state index in [-0.39, 0.29) is 23.7 Å². The fourth-order valence-corrected chi connectivity index (χ4v) is 1.56. The van der Waals surface area contributed by atoms with Gasteiger partial charge in [-0.05, 0) is 35.6 Å². The van der Waals surface area contributed by atoms with Gasteiger partial charge in [-0.25, -0.2) is 4.39 Å². The Bertz CT molecular complexity index is 455. The van der Waals surface area contributed by atoms with Gasteiger partial charge in [0.05, 0.1) is 0 Å². The molecule has 0 saturated heterocycles. The molecule has 0 atom stereocenters. The highest BCUT2D eigenvalue weighted by molar-refractivity contribution is 5.91. The van der Waals surface area contributed by atoms with Gasteiger partial charge in [0, 0.05) is 19.2 Å². The van der Waals surface area contributed by atoms with Crippen LogP contribution in [0.5, 0.6) is 0 Å². The van der Waals surface area contributed by atoms with E-state index < -0.39 is 0 Å². The van der Waals surface area contributed by atoms with Gasteiger partial charge in [-0.15, -0.1) is 0 Å². The third-order valence-electron chi connectivity index (χ3n) is 2.81. The van der Waals surface area contributed by atoms with Crippen LogP contribution in [0.1, 0.15) is 25.8 Å². The van der Waals surface area contributed by atoms with Gasteiger partial charge in [0.1, 0.15) is 5.82 Å². The maximum Gasteiger partial charge on any atom is 0.244 e. The number of carbonyl (C=O) groups is 1. The second kappa shape index (κ2) is 7.04. The van der Waals surface area contributed by atoms with E-state index in [1.54, 1.807) is 18.2 Å². The van der Waals surface area contributed by atoms with E-state index in [1.165, 1.54) is 18.2 Å². The number of aliphatic hydroxyl groups is 1. The summed E-state index contributed by atoms with van der Waals surface area (Å²) in [6.07, 6.45) is 3.57. The van der Waals surface area contributed by atoms with Crippen molar-refractivity contribution in [3.05, 3.63) is 41.7 Å². The second-order valence-corrected chi connectivity index (χ2v) is 5.24. The Kier molecular flexibility index (Phi) is 5.70. The molecule has 0 bridgehead atoms. The summed E-state index contributed by atoms with van der Waals surface area (Å²) in [6.45, 7) is 4.53. The van der Waals surface area contributed by atoms with Crippen molar-refractivity contribution < 1.29 is 14.3 Å². The summed E-state index contributed by atoms with van der Waals surface area (Å²) < 4.78 is 12.9. The predicted octanol–water partition coefficient (Wildman–Crippen LogP) is 2.36. The van der Waals surface area contributed by atoms with E-state index in [0.29, 0.717) is 18.5 Å². The van der Waals surface area contributed by atoms with E-state index in [0.717, 1.165) is 0 Å². The van der Waals surface area contributed by atoms with Crippen molar-refractivity contribution in [3.63, 3.8) is 0 Å². The summed E-state index contributed by atoms with van der Waals surface area (Å²) in [5, 5.41) is 11.6. The monoisotopic (exact) mass is 265 g/mol. The molecule has 0 aliphatic carbocycles. The van der Waals surface area contributed by atoms with Gasteiger partial charge in [0.25, 0.3) is 0 Å². The van der Waals surface area contributed by atoms with Crippen molar-refractivity contribution in [3.8, 4) is 0 Å². The number of rotatable bonds is 6. The third kappa shape index (κ3) is 6.15. The van der Waals surface area contributed by atoms with Gasteiger partial charge >= 0.3 is 0 Å². The number of benzene rings is 1. The molecule has 0 heterocycles. The lowest BCUT2D eigenvalue weighted by atomic mass is 9.90. The molecular formula is C15H20FNO2. The fraction of sp³-hybridized carbons (Fsp3) is 0.400. The summed E-state index contributed by atoms with van der Waals surface area (Å²) >= 11 is 0. The van der Waals surface area contributed by atoms with Gasteiger partial charge in [-0.1, -0.05) is 26.0 Å². The number of amides is 1. The normalized spacial score (nSPS) is 11.8. The topological polar surface area (TPSA) is 49.3 Å². The van der Waals surface area contributed by atoms with E-state index in [1.807, 2.05) is 13.8 Å². The SMILES string of the molecule is CC(C)(CCO)CNC(=O)/C=C/c1cccc(F)c1. The summed E-state index contributed by atoms with van der Waals surface area (Å²) in [7, 11) is 0. The van der Waals surface area contributed by atoms with E-state index >= 15 is 0 Å². The minimum atomic E-state index is -0.327. The van der Waals surface area contributed by atoms with Crippen molar-refractivity contribution in [2.75, 3.05) is 13.2 Å². The van der Waals surface area contributed by atoms with E-state index in [2.05, 4.69) is 5.32 Å². The lowest BCUT2D eigenvalue weighted by Crippen LogP contribution is -2.33. The Labute approximate surface area is 113 Å². The molecule has 1 aromatic rings. The van der Waals surface area contributed by atoms with Gasteiger partial charge in [0.15, 0.2) is 0 Å². The van der Waals surface area contributed by atoms with Crippen LogP contribution in [0.3, 0.4) is 0 Å². The molecule has 1 aromatic carbocycles. The molecule has 0 aliphatic rings. The number of halogens is 1. The molecule has 0 spiro atoms. The van der Waals surface area contributed by atoms with Crippen LogP contribution < -0.4 is 5.32 Å². The molecule has 1 rings (SSSR count). The highest BCUT2D eigenvalue weighted by Crippen LogP contribution is 2.17. The summed E-state index contributed by atoms with van der Waals surface area (Å²) in [6, 6.07) is 6.04. The molecule has 2 N–H and O–H groups in total. The molecule has 1 amide bonds. The van der Waals surface area contributed by atoms with Crippen LogP contribution in [0.2, 0.25) is 0 Å². The minimum absolute atomic E-state index is 0.0992. The molecule has 3 nitrogen and oxygen atoms in total. The molecule has 0 unspecified atom stereocenters. The van der Waals surface area contributed by atoms with Gasteiger partial charge in [-0.3, -0.25) is 4.79 Å². The van der Waals surface area contributed by atoms with Gasteiger partial charge < -0.3 is 10.4 Å². The lowest BCUT2D eigenvalue weighted by Gasteiger charge is -2.23. The van der Waals surface area contributed by atoms with Crippen molar-refractivity contribution in [2.45, 2.75) is 20.3 Å². The van der Waals surface area contributed by atoms with Crippen LogP contribution in [0, 0.1) is 11.2 Å². The number of carbonyl (C=O) groups excluding carboxylic acids is 1. The zero-order chi connectivity index (χ0) is 14.3. The molecule has 0 fully saturated rings. The summed E-state index contributed by atoms with van der Waals surface area (Å²) in [5.74, 6) is -0.554. The van der Waals surface area contributed by atoms with Crippen LogP contribution in [-0.4, -0.2) is 24.2 Å². The predicted molar refractivity (Wildman–Crippen MR) is 73.9 cm³/mol. The standard InChI is InChI=1S/C15H20FNO2/c1-15(2,8-9-18)11-17-14(19)7-6-12-4-3-5-13(16)10-12/h3-7,10,18H,8-9,11H2,1-2H3,(H,17,19)/b7-6+. The largest absolute Gasteiger partial charge is 0.396 e. The second-order valence-electron chi connectivity index (χ2n) is 5.24. The summed E-state index contributed by atoms with van der Waals surface area (Å²) in [5.41, 5.74) is 0.502. The Hall–Kier alpha value is -1.68. The molecule has 0 aromatic heterocycles.